The quantitative estimate of drug-likeness (QED) is 0.454. The fourth-order valence-electron chi connectivity index (χ4n) is 3.03. The van der Waals surface area contributed by atoms with E-state index in [4.69, 9.17) is 4.74 Å². The first-order chi connectivity index (χ1) is 11.6. The van der Waals surface area contributed by atoms with E-state index in [-0.39, 0.29) is 24.5 Å². The van der Waals surface area contributed by atoms with Gasteiger partial charge >= 0.3 is 6.09 Å². The molecular weight excluding hydrogens is 370 g/mol. The topological polar surface area (TPSA) is 46.6 Å². The monoisotopic (exact) mass is 395 g/mol. The molecule has 5 heteroatoms. The fourth-order valence-corrected chi connectivity index (χ4v) is 3.42. The highest BCUT2D eigenvalue weighted by Gasteiger charge is 2.39. The van der Waals surface area contributed by atoms with E-state index in [0.717, 1.165) is 30.2 Å². The molecule has 1 aromatic carbocycles. The van der Waals surface area contributed by atoms with Gasteiger partial charge in [-0.1, -0.05) is 72.4 Å². The van der Waals surface area contributed by atoms with Crippen LogP contribution in [0.4, 0.5) is 4.79 Å². The molecule has 0 saturated carbocycles. The van der Waals surface area contributed by atoms with Gasteiger partial charge in [-0.2, -0.15) is 0 Å². The molecule has 0 radical (unpaired) electrons. The smallest absolute Gasteiger partial charge is 0.416 e. The molecule has 0 aromatic heterocycles. The number of alkyl halides is 1. The second kappa shape index (κ2) is 9.82. The van der Waals surface area contributed by atoms with Crippen molar-refractivity contribution in [2.45, 2.75) is 51.5 Å². The van der Waals surface area contributed by atoms with Crippen LogP contribution in [-0.2, 0) is 16.0 Å². The molecule has 132 valence electrons. The minimum absolute atomic E-state index is 0.0982. The lowest BCUT2D eigenvalue weighted by Gasteiger charge is -2.23. The Balaban J connectivity index is 1.88. The molecule has 0 aliphatic carbocycles. The summed E-state index contributed by atoms with van der Waals surface area (Å²) < 4.78 is 5.14. The van der Waals surface area contributed by atoms with Crippen LogP contribution in [0.5, 0.6) is 0 Å². The number of benzene rings is 1. The lowest BCUT2D eigenvalue weighted by molar-refractivity contribution is -0.133. The molecular formula is C19H26BrNO3. The summed E-state index contributed by atoms with van der Waals surface area (Å²) in [6.45, 7) is 2.20. The Kier molecular flexibility index (Phi) is 7.76. The third kappa shape index (κ3) is 5.33. The summed E-state index contributed by atoms with van der Waals surface area (Å²) in [6, 6.07) is 9.73. The second-order valence-electron chi connectivity index (χ2n) is 6.42. The first kappa shape index (κ1) is 19.0. The number of hydrogen-bond donors (Lipinski definition) is 0. The summed E-state index contributed by atoms with van der Waals surface area (Å²) in [7, 11) is 0. The number of unbranched alkanes of at least 4 members (excludes halogenated alkanes) is 3. The SMILES string of the molecule is CC(CCCCCCBr)C(=O)N1C(=O)OCC1Cc1ccccc1. The molecule has 1 heterocycles. The van der Waals surface area contributed by atoms with Crippen LogP contribution in [0.2, 0.25) is 0 Å². The van der Waals surface area contributed by atoms with Crippen molar-refractivity contribution in [3.8, 4) is 0 Å². The number of cyclic esters (lactones) is 1. The fraction of sp³-hybridized carbons (Fsp3) is 0.579. The minimum atomic E-state index is -0.493. The summed E-state index contributed by atoms with van der Waals surface area (Å²) in [4.78, 5) is 26.1. The number of carbonyl (C=O) groups is 2. The van der Waals surface area contributed by atoms with Crippen molar-refractivity contribution in [3.05, 3.63) is 35.9 Å². The molecule has 2 rings (SSSR count). The molecule has 24 heavy (non-hydrogen) atoms. The zero-order chi connectivity index (χ0) is 17.4. The zero-order valence-electron chi connectivity index (χ0n) is 14.2. The Morgan fingerprint density at radius 3 is 2.67 bits per heavy atom. The molecule has 2 unspecified atom stereocenters. The van der Waals surface area contributed by atoms with Gasteiger partial charge in [-0.05, 0) is 24.8 Å². The van der Waals surface area contributed by atoms with E-state index < -0.39 is 6.09 Å². The van der Waals surface area contributed by atoms with Crippen LogP contribution >= 0.6 is 15.9 Å². The maximum absolute atomic E-state index is 12.7. The van der Waals surface area contributed by atoms with Gasteiger partial charge in [0.25, 0.3) is 0 Å². The van der Waals surface area contributed by atoms with Crippen molar-refractivity contribution in [2.24, 2.45) is 5.92 Å². The van der Waals surface area contributed by atoms with Gasteiger partial charge in [0, 0.05) is 11.2 Å². The standard InChI is InChI=1S/C19H26BrNO3/c1-15(9-5-2-3-8-12-20)18(22)21-17(14-24-19(21)23)13-16-10-6-4-7-11-16/h4,6-7,10-11,15,17H,2-3,5,8-9,12-14H2,1H3. The summed E-state index contributed by atoms with van der Waals surface area (Å²) in [5.41, 5.74) is 1.11. The van der Waals surface area contributed by atoms with Crippen molar-refractivity contribution >= 4 is 27.9 Å². The number of nitrogens with zero attached hydrogens (tertiary/aromatic N) is 1. The van der Waals surface area contributed by atoms with Crippen molar-refractivity contribution in [3.63, 3.8) is 0 Å². The van der Waals surface area contributed by atoms with E-state index in [1.54, 1.807) is 0 Å². The van der Waals surface area contributed by atoms with Crippen molar-refractivity contribution < 1.29 is 14.3 Å². The number of hydrogen-bond acceptors (Lipinski definition) is 3. The van der Waals surface area contributed by atoms with Crippen LogP contribution in [0.1, 0.15) is 44.6 Å². The van der Waals surface area contributed by atoms with Gasteiger partial charge in [-0.15, -0.1) is 0 Å². The van der Waals surface area contributed by atoms with Gasteiger partial charge in [0.1, 0.15) is 6.61 Å². The minimum Gasteiger partial charge on any atom is -0.447 e. The number of halogens is 1. The maximum atomic E-state index is 12.7. The summed E-state index contributed by atoms with van der Waals surface area (Å²) in [5.74, 6) is -0.239. The Labute approximate surface area is 152 Å². The lowest BCUT2D eigenvalue weighted by Crippen LogP contribution is -2.43. The Morgan fingerprint density at radius 2 is 1.96 bits per heavy atom. The molecule has 2 amide bonds. The maximum Gasteiger partial charge on any atom is 0.416 e. The van der Waals surface area contributed by atoms with Gasteiger partial charge < -0.3 is 4.74 Å². The van der Waals surface area contributed by atoms with Crippen molar-refractivity contribution in [1.82, 2.24) is 4.90 Å². The van der Waals surface area contributed by atoms with E-state index in [1.807, 2.05) is 37.3 Å². The number of ether oxygens (including phenoxy) is 1. The molecule has 0 spiro atoms. The van der Waals surface area contributed by atoms with Gasteiger partial charge in [0.15, 0.2) is 0 Å². The highest BCUT2D eigenvalue weighted by Crippen LogP contribution is 2.22. The van der Waals surface area contributed by atoms with Crippen LogP contribution in [0.25, 0.3) is 0 Å². The van der Waals surface area contributed by atoms with Crippen LogP contribution in [-0.4, -0.2) is 34.9 Å². The van der Waals surface area contributed by atoms with Gasteiger partial charge in [-0.3, -0.25) is 4.79 Å². The number of imide groups is 1. The molecule has 0 bridgehead atoms. The number of rotatable bonds is 9. The first-order valence-corrected chi connectivity index (χ1v) is 9.85. The molecule has 1 aliphatic heterocycles. The van der Waals surface area contributed by atoms with Gasteiger partial charge in [0.05, 0.1) is 6.04 Å². The van der Waals surface area contributed by atoms with Crippen LogP contribution in [0.15, 0.2) is 30.3 Å². The van der Waals surface area contributed by atoms with E-state index >= 15 is 0 Å². The van der Waals surface area contributed by atoms with E-state index in [0.29, 0.717) is 6.42 Å². The molecule has 2 atom stereocenters. The van der Waals surface area contributed by atoms with E-state index in [9.17, 15) is 9.59 Å². The predicted octanol–water partition coefficient (Wildman–Crippen LogP) is 4.56. The van der Waals surface area contributed by atoms with Gasteiger partial charge in [0.2, 0.25) is 5.91 Å². The molecule has 4 nitrogen and oxygen atoms in total. The molecule has 1 fully saturated rings. The zero-order valence-corrected chi connectivity index (χ0v) is 15.8. The molecule has 0 N–H and O–H groups in total. The van der Waals surface area contributed by atoms with Crippen LogP contribution < -0.4 is 0 Å². The largest absolute Gasteiger partial charge is 0.447 e. The first-order valence-electron chi connectivity index (χ1n) is 8.73. The highest BCUT2D eigenvalue weighted by molar-refractivity contribution is 9.09. The Morgan fingerprint density at radius 1 is 1.25 bits per heavy atom. The number of amides is 2. The van der Waals surface area contributed by atoms with Crippen molar-refractivity contribution in [2.75, 3.05) is 11.9 Å². The molecule has 1 saturated heterocycles. The second-order valence-corrected chi connectivity index (χ2v) is 7.21. The Hall–Kier alpha value is -1.36. The van der Waals surface area contributed by atoms with Crippen molar-refractivity contribution in [1.29, 1.82) is 0 Å². The average molecular weight is 396 g/mol. The van der Waals surface area contributed by atoms with Gasteiger partial charge in [-0.25, -0.2) is 9.69 Å². The number of carbonyl (C=O) groups excluding carboxylic acids is 2. The van der Waals surface area contributed by atoms with E-state index in [1.165, 1.54) is 17.7 Å². The third-order valence-corrected chi connectivity index (χ3v) is 5.02. The summed E-state index contributed by atoms with van der Waals surface area (Å²) in [6.07, 6.45) is 5.47. The van der Waals surface area contributed by atoms with E-state index in [2.05, 4.69) is 15.9 Å². The van der Waals surface area contributed by atoms with Crippen LogP contribution in [0, 0.1) is 5.92 Å². The lowest BCUT2D eigenvalue weighted by atomic mass is 9.99. The molecule has 1 aromatic rings. The summed E-state index contributed by atoms with van der Waals surface area (Å²) in [5, 5.41) is 1.03. The highest BCUT2D eigenvalue weighted by atomic mass is 79.9. The average Bonchev–Trinajstić information content (AvgIpc) is 2.95. The third-order valence-electron chi connectivity index (χ3n) is 4.45. The predicted molar refractivity (Wildman–Crippen MR) is 98.2 cm³/mol. The Bertz CT molecular complexity index is 535. The van der Waals surface area contributed by atoms with Crippen LogP contribution in [0.3, 0.4) is 0 Å². The summed E-state index contributed by atoms with van der Waals surface area (Å²) >= 11 is 3.43. The normalized spacial score (nSPS) is 18.5. The molecule has 1 aliphatic rings.